The first-order valence-electron chi connectivity index (χ1n) is 8.19. The number of fused-ring (bicyclic) bond motifs is 1. The molecule has 124 valence electrons. The fourth-order valence-corrected chi connectivity index (χ4v) is 3.36. The van der Waals surface area contributed by atoms with Gasteiger partial charge in [0.25, 0.3) is 0 Å². The van der Waals surface area contributed by atoms with E-state index < -0.39 is 0 Å². The van der Waals surface area contributed by atoms with Gasteiger partial charge in [0.05, 0.1) is 12.6 Å². The van der Waals surface area contributed by atoms with Crippen molar-refractivity contribution in [2.24, 2.45) is 11.7 Å². The fourth-order valence-electron chi connectivity index (χ4n) is 3.36. The summed E-state index contributed by atoms with van der Waals surface area (Å²) in [5, 5.41) is 3.12. The van der Waals surface area contributed by atoms with Crippen molar-refractivity contribution in [1.82, 2.24) is 10.2 Å². The zero-order chi connectivity index (χ0) is 16.2. The summed E-state index contributed by atoms with van der Waals surface area (Å²) in [6.07, 6.45) is 2.87. The van der Waals surface area contributed by atoms with Gasteiger partial charge in [0.1, 0.15) is 5.75 Å². The van der Waals surface area contributed by atoms with Crippen LogP contribution in [0.3, 0.4) is 0 Å². The molecule has 2 aliphatic rings. The Morgan fingerprint density at radius 1 is 1.22 bits per heavy atom. The van der Waals surface area contributed by atoms with Crippen molar-refractivity contribution in [3.8, 4) is 5.75 Å². The standard InChI is InChI=1S/C17H23N3O3/c18-16(21)11-12-5-8-20(9-6-12)17(22)19-14-7-10-23-15-4-2-1-3-13(14)15/h1-4,12,14H,5-11H2,(H2,18,21)(H,19,22). The maximum absolute atomic E-state index is 12.5. The number of nitrogens with zero attached hydrogens (tertiary/aromatic N) is 1. The molecule has 2 aliphatic heterocycles. The number of carbonyl (C=O) groups is 2. The van der Waals surface area contributed by atoms with E-state index in [9.17, 15) is 9.59 Å². The second kappa shape index (κ2) is 6.89. The maximum atomic E-state index is 12.5. The predicted molar refractivity (Wildman–Crippen MR) is 85.9 cm³/mol. The fraction of sp³-hybridized carbons (Fsp3) is 0.529. The molecule has 0 aromatic heterocycles. The van der Waals surface area contributed by atoms with Crippen LogP contribution >= 0.6 is 0 Å². The highest BCUT2D eigenvalue weighted by molar-refractivity contribution is 5.75. The van der Waals surface area contributed by atoms with Crippen LogP contribution in [0.2, 0.25) is 0 Å². The van der Waals surface area contributed by atoms with Crippen molar-refractivity contribution in [3.63, 3.8) is 0 Å². The van der Waals surface area contributed by atoms with E-state index in [0.29, 0.717) is 32.0 Å². The summed E-state index contributed by atoms with van der Waals surface area (Å²) in [6, 6.07) is 7.79. The third-order valence-electron chi connectivity index (χ3n) is 4.65. The van der Waals surface area contributed by atoms with Crippen molar-refractivity contribution in [3.05, 3.63) is 29.8 Å². The van der Waals surface area contributed by atoms with Gasteiger partial charge in [-0.3, -0.25) is 4.79 Å². The molecule has 0 saturated carbocycles. The number of para-hydroxylation sites is 1. The van der Waals surface area contributed by atoms with Crippen molar-refractivity contribution in [1.29, 1.82) is 0 Å². The molecule has 1 aromatic carbocycles. The number of likely N-dealkylation sites (tertiary alicyclic amines) is 1. The lowest BCUT2D eigenvalue weighted by Gasteiger charge is -2.34. The van der Waals surface area contributed by atoms with E-state index in [-0.39, 0.29) is 18.0 Å². The number of primary amides is 1. The van der Waals surface area contributed by atoms with Crippen molar-refractivity contribution in [2.45, 2.75) is 31.7 Å². The molecule has 2 heterocycles. The number of urea groups is 1. The van der Waals surface area contributed by atoms with Crippen LogP contribution in [0.25, 0.3) is 0 Å². The molecule has 3 amide bonds. The molecule has 1 saturated heterocycles. The van der Waals surface area contributed by atoms with E-state index in [1.165, 1.54) is 0 Å². The molecular weight excluding hydrogens is 294 g/mol. The lowest BCUT2D eigenvalue weighted by atomic mass is 9.93. The Hall–Kier alpha value is -2.24. The number of ether oxygens (including phenoxy) is 1. The van der Waals surface area contributed by atoms with Crippen LogP contribution in [0.1, 0.15) is 37.3 Å². The predicted octanol–water partition coefficient (Wildman–Crippen LogP) is 1.81. The highest BCUT2D eigenvalue weighted by Gasteiger charge is 2.27. The number of nitrogens with one attached hydrogen (secondary N) is 1. The minimum absolute atomic E-state index is 0.00390. The molecule has 0 radical (unpaired) electrons. The SMILES string of the molecule is NC(=O)CC1CCN(C(=O)NC2CCOc3ccccc32)CC1. The van der Waals surface area contributed by atoms with Gasteiger partial charge in [-0.1, -0.05) is 18.2 Å². The Labute approximate surface area is 136 Å². The Morgan fingerprint density at radius 2 is 1.96 bits per heavy atom. The Kier molecular flexibility index (Phi) is 4.69. The summed E-state index contributed by atoms with van der Waals surface area (Å²) in [5.74, 6) is 0.899. The third-order valence-corrected chi connectivity index (χ3v) is 4.65. The number of benzene rings is 1. The molecule has 0 bridgehead atoms. The molecule has 1 unspecified atom stereocenters. The minimum atomic E-state index is -0.258. The zero-order valence-electron chi connectivity index (χ0n) is 13.2. The Balaban J connectivity index is 1.56. The lowest BCUT2D eigenvalue weighted by molar-refractivity contribution is -0.119. The van der Waals surface area contributed by atoms with E-state index >= 15 is 0 Å². The first-order valence-corrected chi connectivity index (χ1v) is 8.19. The molecular formula is C17H23N3O3. The highest BCUT2D eigenvalue weighted by atomic mass is 16.5. The normalized spacial score (nSPS) is 21.2. The summed E-state index contributed by atoms with van der Waals surface area (Å²) in [7, 11) is 0. The second-order valence-corrected chi connectivity index (χ2v) is 6.28. The summed E-state index contributed by atoms with van der Waals surface area (Å²) in [5.41, 5.74) is 6.28. The molecule has 6 heteroatoms. The third kappa shape index (κ3) is 3.75. The number of piperidine rings is 1. The number of rotatable bonds is 3. The number of hydrogen-bond donors (Lipinski definition) is 2. The monoisotopic (exact) mass is 317 g/mol. The first-order chi connectivity index (χ1) is 11.1. The number of nitrogens with two attached hydrogens (primary N) is 1. The van der Waals surface area contributed by atoms with Gasteiger partial charge in [0.2, 0.25) is 5.91 Å². The number of carbonyl (C=O) groups excluding carboxylic acids is 2. The first kappa shape index (κ1) is 15.6. The van der Waals surface area contributed by atoms with Crippen LogP contribution < -0.4 is 15.8 Å². The van der Waals surface area contributed by atoms with Crippen LogP contribution in [0.15, 0.2) is 24.3 Å². The van der Waals surface area contributed by atoms with Crippen molar-refractivity contribution < 1.29 is 14.3 Å². The summed E-state index contributed by atoms with van der Waals surface area (Å²) < 4.78 is 5.62. The van der Waals surface area contributed by atoms with Crippen molar-refractivity contribution in [2.75, 3.05) is 19.7 Å². The summed E-state index contributed by atoms with van der Waals surface area (Å²) >= 11 is 0. The molecule has 1 fully saturated rings. The van der Waals surface area contributed by atoms with Crippen molar-refractivity contribution >= 4 is 11.9 Å². The summed E-state index contributed by atoms with van der Waals surface area (Å²) in [6.45, 7) is 1.96. The van der Waals surface area contributed by atoms with Gasteiger partial charge in [-0.2, -0.15) is 0 Å². The summed E-state index contributed by atoms with van der Waals surface area (Å²) in [4.78, 5) is 25.3. The molecule has 0 aliphatic carbocycles. The Morgan fingerprint density at radius 3 is 2.70 bits per heavy atom. The van der Waals surface area contributed by atoms with Gasteiger partial charge < -0.3 is 20.7 Å². The van der Waals surface area contributed by atoms with E-state index in [0.717, 1.165) is 30.6 Å². The molecule has 3 rings (SSSR count). The lowest BCUT2D eigenvalue weighted by Crippen LogP contribution is -2.46. The Bertz CT molecular complexity index is 582. The van der Waals surface area contributed by atoms with Crippen LogP contribution in [0, 0.1) is 5.92 Å². The van der Waals surface area contributed by atoms with Gasteiger partial charge in [0.15, 0.2) is 0 Å². The van der Waals surface area contributed by atoms with Crippen LogP contribution in [-0.2, 0) is 4.79 Å². The van der Waals surface area contributed by atoms with Gasteiger partial charge in [-0.05, 0) is 24.8 Å². The molecule has 1 aromatic rings. The van der Waals surface area contributed by atoms with E-state index in [2.05, 4.69) is 5.32 Å². The minimum Gasteiger partial charge on any atom is -0.493 e. The van der Waals surface area contributed by atoms with Gasteiger partial charge in [-0.25, -0.2) is 4.79 Å². The van der Waals surface area contributed by atoms with Crippen LogP contribution in [0.5, 0.6) is 5.75 Å². The zero-order valence-corrected chi connectivity index (χ0v) is 13.2. The van der Waals surface area contributed by atoms with E-state index in [1.807, 2.05) is 29.2 Å². The number of amides is 3. The van der Waals surface area contributed by atoms with Gasteiger partial charge in [-0.15, -0.1) is 0 Å². The average molecular weight is 317 g/mol. The molecule has 23 heavy (non-hydrogen) atoms. The van der Waals surface area contributed by atoms with E-state index in [1.54, 1.807) is 0 Å². The van der Waals surface area contributed by atoms with Gasteiger partial charge >= 0.3 is 6.03 Å². The second-order valence-electron chi connectivity index (χ2n) is 6.28. The molecule has 6 nitrogen and oxygen atoms in total. The molecule has 1 atom stereocenters. The molecule has 3 N–H and O–H groups in total. The number of hydrogen-bond acceptors (Lipinski definition) is 3. The van der Waals surface area contributed by atoms with Crippen LogP contribution in [-0.4, -0.2) is 36.5 Å². The highest BCUT2D eigenvalue weighted by Crippen LogP contribution is 2.31. The molecule has 0 spiro atoms. The topological polar surface area (TPSA) is 84.7 Å². The van der Waals surface area contributed by atoms with E-state index in [4.69, 9.17) is 10.5 Å². The maximum Gasteiger partial charge on any atom is 0.317 e. The largest absolute Gasteiger partial charge is 0.493 e. The average Bonchev–Trinajstić information content (AvgIpc) is 2.55. The van der Waals surface area contributed by atoms with Gasteiger partial charge in [0, 0.05) is 31.5 Å². The quantitative estimate of drug-likeness (QED) is 0.891. The smallest absolute Gasteiger partial charge is 0.317 e. The van der Waals surface area contributed by atoms with Crippen LogP contribution in [0.4, 0.5) is 4.79 Å².